The lowest BCUT2D eigenvalue weighted by atomic mass is 10.1. The average molecular weight is 343 g/mol. The number of nitrogens with two attached hydrogens (primary N) is 1. The summed E-state index contributed by atoms with van der Waals surface area (Å²) in [7, 11) is 0. The van der Waals surface area contributed by atoms with E-state index < -0.39 is 17.0 Å². The van der Waals surface area contributed by atoms with E-state index in [2.05, 4.69) is 5.43 Å². The second kappa shape index (κ2) is 8.08. The first-order chi connectivity index (χ1) is 10.9. The van der Waals surface area contributed by atoms with Crippen molar-refractivity contribution >= 4 is 17.7 Å². The van der Waals surface area contributed by atoms with Crippen LogP contribution in [0.1, 0.15) is 44.0 Å². The van der Waals surface area contributed by atoms with Gasteiger partial charge in [0.15, 0.2) is 0 Å². The highest BCUT2D eigenvalue weighted by atomic mass is 32.2. The van der Waals surface area contributed by atoms with Crippen molar-refractivity contribution in [1.29, 1.82) is 0 Å². The van der Waals surface area contributed by atoms with Gasteiger partial charge in [0.25, 0.3) is 0 Å². The molecule has 2 unspecified atom stereocenters. The number of nitrogens with one attached hydrogen (secondary N) is 1. The molecule has 7 heteroatoms. The monoisotopic (exact) mass is 343 g/mol. The predicted octanol–water partition coefficient (Wildman–Crippen LogP) is 3.15. The molecule has 128 valence electrons. The Balaban J connectivity index is 2.18. The van der Waals surface area contributed by atoms with Crippen LogP contribution in [0.5, 0.6) is 0 Å². The van der Waals surface area contributed by atoms with E-state index in [-0.39, 0.29) is 22.8 Å². The molecule has 23 heavy (non-hydrogen) atoms. The zero-order chi connectivity index (χ0) is 17.0. The molecule has 0 aliphatic carbocycles. The molecular formula is C16H23F2N3OS. The number of carbonyl (C=O) groups excluding carboxylic acids is 1. The van der Waals surface area contributed by atoms with E-state index >= 15 is 0 Å². The van der Waals surface area contributed by atoms with Crippen molar-refractivity contribution in [3.8, 4) is 0 Å². The van der Waals surface area contributed by atoms with Gasteiger partial charge in [-0.25, -0.2) is 14.2 Å². The molecule has 0 saturated carbocycles. The molecule has 1 amide bonds. The minimum Gasteiger partial charge on any atom is -0.330 e. The zero-order valence-electron chi connectivity index (χ0n) is 13.4. The van der Waals surface area contributed by atoms with E-state index in [9.17, 15) is 13.6 Å². The lowest BCUT2D eigenvalue weighted by molar-refractivity contribution is -0.135. The highest BCUT2D eigenvalue weighted by molar-refractivity contribution is 8.00. The number of rotatable bonds is 6. The maximum absolute atomic E-state index is 14.0. The third-order valence-corrected chi connectivity index (χ3v) is 4.98. The van der Waals surface area contributed by atoms with Gasteiger partial charge in [-0.15, -0.1) is 11.8 Å². The molecule has 0 radical (unpaired) electrons. The number of halogens is 2. The van der Waals surface area contributed by atoms with Crippen molar-refractivity contribution < 1.29 is 13.6 Å². The van der Waals surface area contributed by atoms with E-state index in [4.69, 9.17) is 5.73 Å². The lowest BCUT2D eigenvalue weighted by Crippen LogP contribution is -2.43. The van der Waals surface area contributed by atoms with Crippen molar-refractivity contribution in [3.63, 3.8) is 0 Å². The number of amides is 1. The number of hydrogen-bond donors (Lipinski definition) is 2. The summed E-state index contributed by atoms with van der Waals surface area (Å²) in [6.45, 7) is 4.47. The summed E-state index contributed by atoms with van der Waals surface area (Å²) in [6, 6.07) is 3.38. The second-order valence-corrected chi connectivity index (χ2v) is 7.35. The third-order valence-electron chi connectivity index (χ3n) is 3.58. The van der Waals surface area contributed by atoms with Crippen LogP contribution in [0.15, 0.2) is 18.2 Å². The third kappa shape index (κ3) is 4.65. The molecule has 4 nitrogen and oxygen atoms in total. The largest absolute Gasteiger partial charge is 0.330 e. The van der Waals surface area contributed by atoms with Gasteiger partial charge in [0.2, 0.25) is 5.91 Å². The van der Waals surface area contributed by atoms with Crippen LogP contribution in [0.4, 0.5) is 8.78 Å². The van der Waals surface area contributed by atoms with Gasteiger partial charge >= 0.3 is 0 Å². The van der Waals surface area contributed by atoms with Crippen molar-refractivity contribution in [2.24, 2.45) is 11.7 Å². The fraction of sp³-hybridized carbons (Fsp3) is 0.562. The van der Waals surface area contributed by atoms with Crippen LogP contribution in [0.25, 0.3) is 0 Å². The van der Waals surface area contributed by atoms with Gasteiger partial charge in [-0.05, 0) is 43.5 Å². The number of carbonyl (C=O) groups is 1. The minimum absolute atomic E-state index is 0.0335. The number of thioether (sulfide) groups is 1. The van der Waals surface area contributed by atoms with Crippen LogP contribution in [-0.2, 0) is 4.79 Å². The van der Waals surface area contributed by atoms with Gasteiger partial charge < -0.3 is 5.73 Å². The fourth-order valence-corrected chi connectivity index (χ4v) is 3.90. The summed E-state index contributed by atoms with van der Waals surface area (Å²) in [5.41, 5.74) is 8.82. The van der Waals surface area contributed by atoms with E-state index in [1.807, 2.05) is 13.8 Å². The van der Waals surface area contributed by atoms with E-state index in [0.717, 1.165) is 18.6 Å². The van der Waals surface area contributed by atoms with Gasteiger partial charge in [0.05, 0.1) is 5.37 Å². The fourth-order valence-electron chi connectivity index (χ4n) is 2.49. The van der Waals surface area contributed by atoms with Crippen molar-refractivity contribution in [1.82, 2.24) is 10.4 Å². The molecule has 0 aromatic heterocycles. The molecule has 1 fully saturated rings. The molecule has 1 aliphatic heterocycles. The van der Waals surface area contributed by atoms with Crippen molar-refractivity contribution in [2.45, 2.75) is 43.9 Å². The Morgan fingerprint density at radius 2 is 2.17 bits per heavy atom. The molecule has 3 N–H and O–H groups in total. The first-order valence-corrected chi connectivity index (χ1v) is 8.75. The quantitative estimate of drug-likeness (QED) is 0.833. The van der Waals surface area contributed by atoms with E-state index in [1.54, 1.807) is 5.01 Å². The number of hydrogen-bond acceptors (Lipinski definition) is 4. The molecule has 2 rings (SSSR count). The van der Waals surface area contributed by atoms with Gasteiger partial charge in [0, 0.05) is 12.0 Å². The Labute approximate surface area is 139 Å². The number of nitrogens with zero attached hydrogens (tertiary/aromatic N) is 1. The first-order valence-electron chi connectivity index (χ1n) is 7.81. The summed E-state index contributed by atoms with van der Waals surface area (Å²) < 4.78 is 27.4. The van der Waals surface area contributed by atoms with Crippen LogP contribution in [0.2, 0.25) is 0 Å². The summed E-state index contributed by atoms with van der Waals surface area (Å²) in [5, 5.41) is 0.956. The smallest absolute Gasteiger partial charge is 0.238 e. The second-order valence-electron chi connectivity index (χ2n) is 6.06. The Hall–Kier alpha value is -1.18. The molecule has 1 saturated heterocycles. The SMILES string of the molecule is CC(C)CC(=O)N1NC(c2cc(F)ccc2F)SC1CCCN. The van der Waals surface area contributed by atoms with Gasteiger partial charge in [-0.3, -0.25) is 9.80 Å². The summed E-state index contributed by atoms with van der Waals surface area (Å²) in [6.07, 6.45) is 1.89. The standard InChI is InChI=1S/C16H23F2N3OS/c1-10(2)8-14(22)21-15(4-3-7-19)23-16(20-21)12-9-11(17)5-6-13(12)18/h5-6,9-10,15-16,20H,3-4,7-8,19H2,1-2H3. The topological polar surface area (TPSA) is 58.4 Å². The maximum Gasteiger partial charge on any atom is 0.238 e. The van der Waals surface area contributed by atoms with Gasteiger partial charge in [-0.1, -0.05) is 13.8 Å². The Bertz CT molecular complexity index is 556. The highest BCUT2D eigenvalue weighted by Gasteiger charge is 2.37. The molecule has 1 aliphatic rings. The van der Waals surface area contributed by atoms with Crippen LogP contribution in [0, 0.1) is 17.6 Å². The van der Waals surface area contributed by atoms with E-state index in [0.29, 0.717) is 19.4 Å². The minimum atomic E-state index is -0.491. The summed E-state index contributed by atoms with van der Waals surface area (Å²) >= 11 is 1.42. The van der Waals surface area contributed by atoms with E-state index in [1.165, 1.54) is 17.8 Å². The molecule has 0 spiro atoms. The van der Waals surface area contributed by atoms with Crippen LogP contribution < -0.4 is 11.2 Å². The normalized spacial score (nSPS) is 21.2. The molecule has 1 aromatic rings. The number of hydrazine groups is 1. The summed E-state index contributed by atoms with van der Waals surface area (Å²) in [5.74, 6) is -0.773. The Kier molecular flexibility index (Phi) is 6.38. The van der Waals surface area contributed by atoms with Gasteiger partial charge in [0.1, 0.15) is 17.0 Å². The van der Waals surface area contributed by atoms with Crippen molar-refractivity contribution in [2.75, 3.05) is 6.54 Å². The van der Waals surface area contributed by atoms with Crippen LogP contribution >= 0.6 is 11.8 Å². The molecular weight excluding hydrogens is 320 g/mol. The Morgan fingerprint density at radius 1 is 1.43 bits per heavy atom. The molecule has 1 aromatic carbocycles. The number of benzene rings is 1. The molecule has 1 heterocycles. The van der Waals surface area contributed by atoms with Crippen LogP contribution in [-0.4, -0.2) is 22.8 Å². The van der Waals surface area contributed by atoms with Gasteiger partial charge in [-0.2, -0.15) is 0 Å². The average Bonchev–Trinajstić information content (AvgIpc) is 2.91. The van der Waals surface area contributed by atoms with Crippen molar-refractivity contribution in [3.05, 3.63) is 35.4 Å². The first kappa shape index (κ1) is 18.2. The summed E-state index contributed by atoms with van der Waals surface area (Å²) in [4.78, 5) is 12.4. The molecule has 0 bridgehead atoms. The lowest BCUT2D eigenvalue weighted by Gasteiger charge is -2.24. The highest BCUT2D eigenvalue weighted by Crippen LogP contribution is 2.40. The predicted molar refractivity (Wildman–Crippen MR) is 88.2 cm³/mol. The molecule has 2 atom stereocenters. The maximum atomic E-state index is 14.0. The Morgan fingerprint density at radius 3 is 2.83 bits per heavy atom. The van der Waals surface area contributed by atoms with Crippen LogP contribution in [0.3, 0.4) is 0 Å². The zero-order valence-corrected chi connectivity index (χ0v) is 14.2.